The number of ether oxygens (including phenoxy) is 3. The molecule has 0 saturated heterocycles. The molecule has 35 heavy (non-hydrogen) atoms. The number of aryl methyl sites for hydroxylation is 1. The Bertz CT molecular complexity index is 796. The van der Waals surface area contributed by atoms with Crippen LogP contribution >= 0.6 is 0 Å². The summed E-state index contributed by atoms with van der Waals surface area (Å²) in [4.78, 5) is 14.2. The summed E-state index contributed by atoms with van der Waals surface area (Å²) >= 11 is 0. The van der Waals surface area contributed by atoms with Crippen molar-refractivity contribution in [2.45, 2.75) is 43.2 Å². The van der Waals surface area contributed by atoms with Gasteiger partial charge in [0.25, 0.3) is 0 Å². The average Bonchev–Trinajstić information content (AvgIpc) is 2.76. The first-order chi connectivity index (χ1) is 16.1. The summed E-state index contributed by atoms with van der Waals surface area (Å²) in [6.45, 7) is -1.21. The van der Waals surface area contributed by atoms with Crippen molar-refractivity contribution in [1.29, 1.82) is 0 Å². The Hall–Kier alpha value is -2.18. The monoisotopic (exact) mass is 533 g/mol. The number of halogens is 9. The Morgan fingerprint density at radius 1 is 0.714 bits per heavy atom. The van der Waals surface area contributed by atoms with E-state index in [-0.39, 0.29) is 37.9 Å². The highest BCUT2D eigenvalue weighted by molar-refractivity contribution is 5.38. The molecule has 0 aromatic carbocycles. The smallest absolute Gasteiger partial charge is 0.376 e. The molecule has 1 N–H and O–H groups in total. The summed E-state index contributed by atoms with van der Waals surface area (Å²) in [5.41, 5.74) is 0. The van der Waals surface area contributed by atoms with E-state index < -0.39 is 49.9 Å². The fourth-order valence-electron chi connectivity index (χ4n) is 2.61. The van der Waals surface area contributed by atoms with Gasteiger partial charge < -0.3 is 19.3 Å². The second-order valence-corrected chi connectivity index (χ2v) is 7.03. The van der Waals surface area contributed by atoms with E-state index >= 15 is 0 Å². The van der Waals surface area contributed by atoms with E-state index in [1.54, 1.807) is 0 Å². The quantitative estimate of drug-likeness (QED) is 0.270. The van der Waals surface area contributed by atoms with E-state index in [1.807, 2.05) is 0 Å². The molecule has 0 aliphatic heterocycles. The highest BCUT2D eigenvalue weighted by Crippen LogP contribution is 2.54. The van der Waals surface area contributed by atoms with Crippen molar-refractivity contribution >= 4 is 11.9 Å². The highest BCUT2D eigenvalue weighted by atomic mass is 19.4. The highest BCUT2D eigenvalue weighted by Gasteiger charge is 2.81. The topological polar surface area (TPSA) is 93.1 Å². The predicted molar refractivity (Wildman–Crippen MR) is 101 cm³/mol. The van der Waals surface area contributed by atoms with Gasteiger partial charge in [-0.25, -0.2) is 0 Å². The second-order valence-electron chi connectivity index (χ2n) is 7.03. The summed E-state index contributed by atoms with van der Waals surface area (Å²) in [5.74, 6) is -20.1. The summed E-state index contributed by atoms with van der Waals surface area (Å²) in [7, 11) is 3.90. The van der Waals surface area contributed by atoms with E-state index in [4.69, 9.17) is 14.2 Å². The lowest BCUT2D eigenvalue weighted by atomic mass is 9.99. The normalized spacial score (nSPS) is 13.3. The molecule has 0 aliphatic carbocycles. The zero-order valence-corrected chi connectivity index (χ0v) is 18.8. The van der Waals surface area contributed by atoms with Gasteiger partial charge in [-0.2, -0.15) is 54.5 Å². The SMILES string of the molecule is COCN(CO)c1nc(CCCC(F)(F)C(F)(F)C(F)(F)C(F)(F)F)nc(N(COC)COC)n1. The summed E-state index contributed by atoms with van der Waals surface area (Å²) in [5, 5.41) is 9.49. The van der Waals surface area contributed by atoms with Crippen LogP contribution in [0.1, 0.15) is 18.7 Å². The van der Waals surface area contributed by atoms with Gasteiger partial charge in [-0.1, -0.05) is 0 Å². The number of aromatic nitrogens is 3. The number of anilines is 2. The fourth-order valence-corrected chi connectivity index (χ4v) is 2.61. The number of hydrogen-bond acceptors (Lipinski definition) is 9. The second kappa shape index (κ2) is 12.2. The summed E-state index contributed by atoms with van der Waals surface area (Å²) in [6, 6.07) is 0. The average molecular weight is 533 g/mol. The molecule has 9 nitrogen and oxygen atoms in total. The third kappa shape index (κ3) is 7.17. The molecule has 0 spiro atoms. The molecule has 18 heteroatoms. The number of aliphatic hydroxyl groups is 1. The fraction of sp³-hybridized carbons (Fsp3) is 0.824. The zero-order valence-electron chi connectivity index (χ0n) is 18.8. The molecule has 0 amide bonds. The first kappa shape index (κ1) is 30.9. The van der Waals surface area contributed by atoms with Gasteiger partial charge in [0.15, 0.2) is 0 Å². The van der Waals surface area contributed by atoms with Crippen LogP contribution in [0.2, 0.25) is 0 Å². The zero-order chi connectivity index (χ0) is 27.1. The van der Waals surface area contributed by atoms with Crippen LogP contribution in [-0.4, -0.2) is 92.3 Å². The van der Waals surface area contributed by atoms with Crippen LogP contribution in [0.15, 0.2) is 0 Å². The molecule has 0 aliphatic rings. The van der Waals surface area contributed by atoms with Gasteiger partial charge in [-0.3, -0.25) is 9.80 Å². The summed E-state index contributed by atoms with van der Waals surface area (Å²) in [6.07, 6.45) is -10.6. The minimum Gasteiger partial charge on any atom is -0.376 e. The van der Waals surface area contributed by atoms with Crippen LogP contribution in [0.5, 0.6) is 0 Å². The number of alkyl halides is 9. The molecule has 0 fully saturated rings. The van der Waals surface area contributed by atoms with E-state index in [9.17, 15) is 44.6 Å². The summed E-state index contributed by atoms with van der Waals surface area (Å²) < 4.78 is 132. The van der Waals surface area contributed by atoms with Crippen LogP contribution in [-0.2, 0) is 20.6 Å². The van der Waals surface area contributed by atoms with Crippen LogP contribution in [0.4, 0.5) is 51.4 Å². The lowest BCUT2D eigenvalue weighted by Gasteiger charge is -2.33. The third-order valence-corrected chi connectivity index (χ3v) is 4.35. The Morgan fingerprint density at radius 3 is 1.60 bits per heavy atom. The third-order valence-electron chi connectivity index (χ3n) is 4.35. The van der Waals surface area contributed by atoms with Crippen molar-refractivity contribution in [3.05, 3.63) is 5.82 Å². The molecule has 0 saturated carbocycles. The predicted octanol–water partition coefficient (Wildman–Crippen LogP) is 3.04. The largest absolute Gasteiger partial charge is 0.460 e. The van der Waals surface area contributed by atoms with Crippen molar-refractivity contribution in [1.82, 2.24) is 15.0 Å². The van der Waals surface area contributed by atoms with Crippen LogP contribution in [0, 0.1) is 0 Å². The molecule has 0 bridgehead atoms. The minimum atomic E-state index is -6.96. The van der Waals surface area contributed by atoms with Gasteiger partial charge >= 0.3 is 23.9 Å². The standard InChI is InChI=1S/C17H24F9N5O4/c1-33-8-30(7-32)12-27-11(28-13(29-12)31(9-34-2)10-35-3)5-4-6-14(18,19)15(20,21)16(22,23)17(24,25)26/h32H,4-10H2,1-3H3. The molecule has 0 atom stereocenters. The lowest BCUT2D eigenvalue weighted by molar-refractivity contribution is -0.396. The van der Waals surface area contributed by atoms with Gasteiger partial charge in [-0.15, -0.1) is 0 Å². The van der Waals surface area contributed by atoms with Gasteiger partial charge in [0.1, 0.15) is 32.7 Å². The number of methoxy groups -OCH3 is 3. The Labute approximate surface area is 193 Å². The van der Waals surface area contributed by atoms with E-state index in [1.165, 1.54) is 26.2 Å². The number of rotatable bonds is 15. The van der Waals surface area contributed by atoms with E-state index in [0.29, 0.717) is 0 Å². The maximum atomic E-state index is 13.8. The molecule has 1 rings (SSSR count). The molecular formula is C17H24F9N5O4. The number of hydrogen-bond donors (Lipinski definition) is 1. The van der Waals surface area contributed by atoms with Crippen LogP contribution in [0.3, 0.4) is 0 Å². The molecule has 0 radical (unpaired) electrons. The van der Waals surface area contributed by atoms with Gasteiger partial charge in [-0.05, 0) is 6.42 Å². The minimum absolute atomic E-state index is 0.142. The molecule has 204 valence electrons. The number of nitrogens with zero attached hydrogens (tertiary/aromatic N) is 5. The first-order valence-corrected chi connectivity index (χ1v) is 9.62. The molecule has 1 heterocycles. The Balaban J connectivity index is 3.21. The molecule has 1 aromatic rings. The van der Waals surface area contributed by atoms with Gasteiger partial charge in [0.05, 0.1) is 0 Å². The molecule has 0 unspecified atom stereocenters. The van der Waals surface area contributed by atoms with Crippen molar-refractivity contribution in [2.75, 3.05) is 58.1 Å². The lowest BCUT2D eigenvalue weighted by Crippen LogP contribution is -2.60. The maximum absolute atomic E-state index is 13.8. The van der Waals surface area contributed by atoms with Crippen molar-refractivity contribution in [2.24, 2.45) is 0 Å². The molecule has 1 aromatic heterocycles. The van der Waals surface area contributed by atoms with Crippen LogP contribution < -0.4 is 9.80 Å². The van der Waals surface area contributed by atoms with Crippen LogP contribution in [0.25, 0.3) is 0 Å². The molecular weight excluding hydrogens is 509 g/mol. The van der Waals surface area contributed by atoms with E-state index in [2.05, 4.69) is 15.0 Å². The maximum Gasteiger partial charge on any atom is 0.460 e. The Kier molecular flexibility index (Phi) is 10.7. The van der Waals surface area contributed by atoms with E-state index in [0.717, 1.165) is 4.90 Å². The van der Waals surface area contributed by atoms with Gasteiger partial charge in [0.2, 0.25) is 11.9 Å². The van der Waals surface area contributed by atoms with Crippen molar-refractivity contribution < 1.29 is 58.8 Å². The van der Waals surface area contributed by atoms with Gasteiger partial charge in [0, 0.05) is 34.2 Å². The Morgan fingerprint density at radius 2 is 1.17 bits per heavy atom. The van der Waals surface area contributed by atoms with Crippen molar-refractivity contribution in [3.8, 4) is 0 Å². The number of aliphatic hydroxyl groups excluding tert-OH is 1. The van der Waals surface area contributed by atoms with Crippen molar-refractivity contribution in [3.63, 3.8) is 0 Å². The first-order valence-electron chi connectivity index (χ1n) is 9.62.